The van der Waals surface area contributed by atoms with Crippen LogP contribution in [-0.4, -0.2) is 30.4 Å². The third-order valence-corrected chi connectivity index (χ3v) is 4.77. The Morgan fingerprint density at radius 1 is 0.903 bits per heavy atom. The molecule has 0 aliphatic heterocycles. The molecule has 0 fully saturated rings. The second-order valence-corrected chi connectivity index (χ2v) is 7.31. The summed E-state index contributed by atoms with van der Waals surface area (Å²) in [4.78, 5) is 26.2. The molecule has 3 aromatic rings. The Labute approximate surface area is 186 Å². The zero-order valence-corrected chi connectivity index (χ0v) is 17.9. The van der Waals surface area contributed by atoms with Gasteiger partial charge in [0.2, 0.25) is 5.91 Å². The van der Waals surface area contributed by atoms with E-state index in [2.05, 4.69) is 10.6 Å². The lowest BCUT2D eigenvalue weighted by Crippen LogP contribution is -2.38. The van der Waals surface area contributed by atoms with Crippen molar-refractivity contribution < 1.29 is 14.3 Å². The fourth-order valence-electron chi connectivity index (χ4n) is 2.86. The fourth-order valence-corrected chi connectivity index (χ4v) is 3.04. The monoisotopic (exact) mass is 437 g/mol. The minimum Gasteiger partial charge on any atom is -0.454 e. The lowest BCUT2D eigenvalue weighted by atomic mass is 10.2. The molecule has 3 rings (SSSR count). The number of hydrogen-bond acceptors (Lipinski definition) is 3. The van der Waals surface area contributed by atoms with E-state index in [-0.39, 0.29) is 24.9 Å². The molecule has 3 aromatic carbocycles. The van der Waals surface area contributed by atoms with Crippen molar-refractivity contribution in [3.63, 3.8) is 0 Å². The highest BCUT2D eigenvalue weighted by molar-refractivity contribution is 6.32. The van der Waals surface area contributed by atoms with Crippen LogP contribution < -0.4 is 15.4 Å². The van der Waals surface area contributed by atoms with Gasteiger partial charge in [-0.1, -0.05) is 66.2 Å². The van der Waals surface area contributed by atoms with Crippen molar-refractivity contribution in [2.75, 3.05) is 18.9 Å². The van der Waals surface area contributed by atoms with E-state index in [0.29, 0.717) is 28.8 Å². The Morgan fingerprint density at radius 2 is 1.55 bits per heavy atom. The van der Waals surface area contributed by atoms with Crippen LogP contribution in [0, 0.1) is 0 Å². The number of carbonyl (C=O) groups is 2. The first-order valence-corrected chi connectivity index (χ1v) is 10.2. The van der Waals surface area contributed by atoms with Crippen LogP contribution in [0.4, 0.5) is 10.5 Å². The largest absolute Gasteiger partial charge is 0.454 e. The van der Waals surface area contributed by atoms with Gasteiger partial charge in [0.15, 0.2) is 5.75 Å². The molecule has 0 aliphatic rings. The highest BCUT2D eigenvalue weighted by Gasteiger charge is 2.12. The van der Waals surface area contributed by atoms with Crippen molar-refractivity contribution >= 4 is 29.2 Å². The normalized spacial score (nSPS) is 10.3. The van der Waals surface area contributed by atoms with Crippen LogP contribution in [0.3, 0.4) is 0 Å². The molecule has 2 N–H and O–H groups in total. The number of halogens is 1. The molecule has 31 heavy (non-hydrogen) atoms. The number of nitrogens with zero attached hydrogens (tertiary/aromatic N) is 1. The maximum absolute atomic E-state index is 12.4. The summed E-state index contributed by atoms with van der Waals surface area (Å²) in [5.41, 5.74) is 1.56. The van der Waals surface area contributed by atoms with E-state index >= 15 is 0 Å². The van der Waals surface area contributed by atoms with Crippen molar-refractivity contribution in [2.45, 2.75) is 13.0 Å². The number of hydrogen-bond donors (Lipinski definition) is 2. The number of amides is 3. The molecule has 0 heterocycles. The summed E-state index contributed by atoms with van der Waals surface area (Å²) in [5, 5.41) is 6.06. The molecule has 160 valence electrons. The van der Waals surface area contributed by atoms with Crippen molar-refractivity contribution in [1.82, 2.24) is 10.2 Å². The first kappa shape index (κ1) is 22.2. The van der Waals surface area contributed by atoms with E-state index in [1.54, 1.807) is 42.3 Å². The van der Waals surface area contributed by atoms with E-state index in [1.807, 2.05) is 48.5 Å². The number of carbonyl (C=O) groups excluding carboxylic acids is 2. The van der Waals surface area contributed by atoms with Crippen LogP contribution in [0.2, 0.25) is 5.02 Å². The minimum absolute atomic E-state index is 0.130. The van der Waals surface area contributed by atoms with Crippen molar-refractivity contribution in [3.05, 3.63) is 89.4 Å². The van der Waals surface area contributed by atoms with Gasteiger partial charge in [0.1, 0.15) is 5.75 Å². The van der Waals surface area contributed by atoms with Gasteiger partial charge < -0.3 is 20.3 Å². The average Bonchev–Trinajstić information content (AvgIpc) is 2.77. The number of anilines is 1. The number of ether oxygens (including phenoxy) is 1. The van der Waals surface area contributed by atoms with Gasteiger partial charge in [0.05, 0.1) is 10.7 Å². The summed E-state index contributed by atoms with van der Waals surface area (Å²) in [6, 6.07) is 23.7. The van der Waals surface area contributed by atoms with Gasteiger partial charge in [-0.2, -0.15) is 0 Å². The van der Waals surface area contributed by atoms with E-state index in [4.69, 9.17) is 16.3 Å². The Hall–Kier alpha value is -3.51. The predicted molar refractivity (Wildman–Crippen MR) is 123 cm³/mol. The van der Waals surface area contributed by atoms with Crippen molar-refractivity contribution in [1.29, 1.82) is 0 Å². The van der Waals surface area contributed by atoms with Crippen molar-refractivity contribution in [3.8, 4) is 11.5 Å². The van der Waals surface area contributed by atoms with Crippen LogP contribution in [-0.2, 0) is 11.3 Å². The van der Waals surface area contributed by atoms with Crippen molar-refractivity contribution in [2.24, 2.45) is 0 Å². The maximum Gasteiger partial charge on any atom is 0.317 e. The smallest absolute Gasteiger partial charge is 0.317 e. The topological polar surface area (TPSA) is 70.7 Å². The number of rotatable bonds is 8. The SMILES string of the molecule is CN(Cc1ccccc1)C(=O)NCCC(=O)Nc1ccccc1Oc1ccccc1Cl. The van der Waals surface area contributed by atoms with E-state index < -0.39 is 0 Å². The third-order valence-electron chi connectivity index (χ3n) is 4.46. The second-order valence-electron chi connectivity index (χ2n) is 6.90. The quantitative estimate of drug-likeness (QED) is 0.502. The molecule has 0 saturated carbocycles. The van der Waals surface area contributed by atoms with E-state index in [1.165, 1.54) is 0 Å². The third kappa shape index (κ3) is 6.76. The summed E-state index contributed by atoms with van der Waals surface area (Å²) >= 11 is 6.15. The van der Waals surface area contributed by atoms with Gasteiger partial charge in [-0.05, 0) is 29.8 Å². The zero-order chi connectivity index (χ0) is 22.1. The average molecular weight is 438 g/mol. The van der Waals surface area contributed by atoms with Gasteiger partial charge in [-0.25, -0.2) is 4.79 Å². The Morgan fingerprint density at radius 3 is 2.29 bits per heavy atom. The predicted octanol–water partition coefficient (Wildman–Crippen LogP) is 5.30. The highest BCUT2D eigenvalue weighted by atomic mass is 35.5. The van der Waals surface area contributed by atoms with Crippen LogP contribution >= 0.6 is 11.6 Å². The van der Waals surface area contributed by atoms with Crippen LogP contribution in [0.1, 0.15) is 12.0 Å². The first-order chi connectivity index (χ1) is 15.0. The van der Waals surface area contributed by atoms with Crippen LogP contribution in [0.5, 0.6) is 11.5 Å². The van der Waals surface area contributed by atoms with Crippen LogP contribution in [0.25, 0.3) is 0 Å². The second kappa shape index (κ2) is 11.0. The van der Waals surface area contributed by atoms with Gasteiger partial charge in [0, 0.05) is 26.6 Å². The minimum atomic E-state index is -0.237. The number of nitrogens with one attached hydrogen (secondary N) is 2. The molecule has 0 bridgehead atoms. The standard InChI is InChI=1S/C24H24ClN3O3/c1-28(17-18-9-3-2-4-10-18)24(30)26-16-15-23(29)27-20-12-6-8-14-22(20)31-21-13-7-5-11-19(21)25/h2-14H,15-17H2,1H3,(H,26,30)(H,27,29). The maximum atomic E-state index is 12.4. The fraction of sp³-hybridized carbons (Fsp3) is 0.167. The summed E-state index contributed by atoms with van der Waals surface area (Å²) in [6.45, 7) is 0.711. The lowest BCUT2D eigenvalue weighted by Gasteiger charge is -2.18. The summed E-state index contributed by atoms with van der Waals surface area (Å²) < 4.78 is 5.85. The number of urea groups is 1. The van der Waals surface area contributed by atoms with Gasteiger partial charge in [-0.15, -0.1) is 0 Å². The van der Waals surface area contributed by atoms with E-state index in [9.17, 15) is 9.59 Å². The molecule has 0 atom stereocenters. The molecule has 7 heteroatoms. The summed E-state index contributed by atoms with van der Waals surface area (Å²) in [6.07, 6.45) is 0.130. The van der Waals surface area contributed by atoms with Gasteiger partial charge in [-0.3, -0.25) is 4.79 Å². The molecule has 0 aromatic heterocycles. The highest BCUT2D eigenvalue weighted by Crippen LogP contribution is 2.33. The number of benzene rings is 3. The molecule has 3 amide bonds. The lowest BCUT2D eigenvalue weighted by molar-refractivity contribution is -0.116. The first-order valence-electron chi connectivity index (χ1n) is 9.87. The summed E-state index contributed by atoms with van der Waals surface area (Å²) in [7, 11) is 1.71. The molecule has 0 spiro atoms. The van der Waals surface area contributed by atoms with Gasteiger partial charge >= 0.3 is 6.03 Å². The molecule has 0 aliphatic carbocycles. The Bertz CT molecular complexity index is 1030. The summed E-state index contributed by atoms with van der Waals surface area (Å²) in [5.74, 6) is 0.747. The molecular formula is C24H24ClN3O3. The van der Waals surface area contributed by atoms with Crippen LogP contribution in [0.15, 0.2) is 78.9 Å². The zero-order valence-electron chi connectivity index (χ0n) is 17.2. The molecular weight excluding hydrogens is 414 g/mol. The molecule has 0 unspecified atom stereocenters. The van der Waals surface area contributed by atoms with E-state index in [0.717, 1.165) is 5.56 Å². The molecule has 0 radical (unpaired) electrons. The van der Waals surface area contributed by atoms with Gasteiger partial charge in [0.25, 0.3) is 0 Å². The number of para-hydroxylation sites is 3. The Kier molecular flexibility index (Phi) is 7.90. The Balaban J connectivity index is 1.49. The molecule has 6 nitrogen and oxygen atoms in total. The molecule has 0 saturated heterocycles.